The Labute approximate surface area is 160 Å². The van der Waals surface area contributed by atoms with Crippen LogP contribution in [0.25, 0.3) is 17.1 Å². The van der Waals surface area contributed by atoms with E-state index in [0.29, 0.717) is 5.82 Å². The molecule has 9 heteroatoms. The maximum Gasteiger partial charge on any atom is 0.263 e. The third kappa shape index (κ3) is 4.15. The van der Waals surface area contributed by atoms with Crippen molar-refractivity contribution in [1.82, 2.24) is 35.2 Å². The molecule has 4 rings (SSSR count). The molecule has 0 atom stereocenters. The van der Waals surface area contributed by atoms with Gasteiger partial charge < -0.3 is 4.57 Å². The van der Waals surface area contributed by atoms with E-state index >= 15 is 0 Å². The van der Waals surface area contributed by atoms with Crippen LogP contribution < -0.4 is 5.43 Å². The van der Waals surface area contributed by atoms with Gasteiger partial charge in [0.25, 0.3) is 5.91 Å². The monoisotopic (exact) mass is 372 g/mol. The van der Waals surface area contributed by atoms with Crippen molar-refractivity contribution in [3.63, 3.8) is 0 Å². The minimum Gasteiger partial charge on any atom is -0.306 e. The van der Waals surface area contributed by atoms with E-state index in [1.54, 1.807) is 18.7 Å². The predicted octanol–water partition coefficient (Wildman–Crippen LogP) is 1.68. The molecule has 0 saturated carbocycles. The molecule has 0 fully saturated rings. The van der Waals surface area contributed by atoms with Gasteiger partial charge >= 0.3 is 0 Å². The number of nitrogens with zero attached hydrogens (tertiary/aromatic N) is 7. The lowest BCUT2D eigenvalue weighted by atomic mass is 10.2. The Morgan fingerprint density at radius 2 is 1.93 bits per heavy atom. The topological polar surface area (TPSA) is 103 Å². The number of amides is 1. The number of benzene rings is 2. The molecule has 0 radical (unpaired) electrons. The van der Waals surface area contributed by atoms with E-state index in [2.05, 4.69) is 30.9 Å². The van der Waals surface area contributed by atoms with Gasteiger partial charge in [-0.15, -0.1) is 10.2 Å². The zero-order valence-corrected chi connectivity index (χ0v) is 14.8. The first-order valence-electron chi connectivity index (χ1n) is 8.51. The van der Waals surface area contributed by atoms with Gasteiger partial charge in [-0.2, -0.15) is 9.90 Å². The molecule has 1 N–H and O–H groups in total. The first-order chi connectivity index (χ1) is 13.8. The molecule has 0 bridgehead atoms. The van der Waals surface area contributed by atoms with E-state index in [1.165, 1.54) is 4.80 Å². The van der Waals surface area contributed by atoms with Crippen LogP contribution in [-0.4, -0.2) is 41.9 Å². The molecule has 1 amide bonds. The Morgan fingerprint density at radius 3 is 2.68 bits per heavy atom. The third-order valence-corrected chi connectivity index (χ3v) is 3.87. The SMILES string of the molecule is O=C(Cn1nnc(-c2ccccc2)n1)N/N=C/c1ccc(-n2ccnc2)cc1. The molecule has 0 aliphatic rings. The predicted molar refractivity (Wildman–Crippen MR) is 103 cm³/mol. The number of aromatic nitrogens is 6. The number of hydrazone groups is 1. The number of carbonyl (C=O) groups is 1. The van der Waals surface area contributed by atoms with Gasteiger partial charge in [0.2, 0.25) is 5.82 Å². The highest BCUT2D eigenvalue weighted by Crippen LogP contribution is 2.11. The van der Waals surface area contributed by atoms with Gasteiger partial charge in [0.1, 0.15) is 6.54 Å². The Balaban J connectivity index is 1.31. The summed E-state index contributed by atoms with van der Waals surface area (Å²) in [6.45, 7) is -0.0727. The molecule has 2 aromatic carbocycles. The highest BCUT2D eigenvalue weighted by atomic mass is 16.2. The summed E-state index contributed by atoms with van der Waals surface area (Å²) in [7, 11) is 0. The van der Waals surface area contributed by atoms with Gasteiger partial charge in [-0.05, 0) is 22.9 Å². The quantitative estimate of drug-likeness (QED) is 0.410. The molecule has 0 aliphatic carbocycles. The van der Waals surface area contributed by atoms with Crippen LogP contribution in [0.2, 0.25) is 0 Å². The van der Waals surface area contributed by atoms with E-state index < -0.39 is 0 Å². The molecule has 4 aromatic rings. The highest BCUT2D eigenvalue weighted by molar-refractivity contribution is 5.82. The number of hydrogen-bond acceptors (Lipinski definition) is 6. The lowest BCUT2D eigenvalue weighted by Crippen LogP contribution is -2.24. The Kier molecular flexibility index (Phi) is 4.96. The fraction of sp³-hybridized carbons (Fsp3) is 0.0526. The van der Waals surface area contributed by atoms with E-state index in [4.69, 9.17) is 0 Å². The molecule has 138 valence electrons. The summed E-state index contributed by atoms with van der Waals surface area (Å²) in [6, 6.07) is 17.1. The lowest BCUT2D eigenvalue weighted by Gasteiger charge is -2.02. The van der Waals surface area contributed by atoms with Crippen molar-refractivity contribution < 1.29 is 4.79 Å². The molecule has 2 heterocycles. The van der Waals surface area contributed by atoms with Crippen molar-refractivity contribution in [2.75, 3.05) is 0 Å². The van der Waals surface area contributed by atoms with Gasteiger partial charge in [-0.3, -0.25) is 4.79 Å². The standard InChI is InChI=1S/C19H16N8O/c28-18(13-27-24-19(23-25-27)16-4-2-1-3-5-16)22-21-12-15-6-8-17(9-7-15)26-11-10-20-14-26/h1-12,14H,13H2,(H,22,28)/b21-12+. The highest BCUT2D eigenvalue weighted by Gasteiger charge is 2.08. The van der Waals surface area contributed by atoms with E-state index in [0.717, 1.165) is 16.8 Å². The second-order valence-corrected chi connectivity index (χ2v) is 5.86. The molecule has 28 heavy (non-hydrogen) atoms. The second-order valence-electron chi connectivity index (χ2n) is 5.86. The number of carbonyl (C=O) groups excluding carboxylic acids is 1. The number of hydrogen-bond donors (Lipinski definition) is 1. The number of tetrazole rings is 1. The molecule has 2 aromatic heterocycles. The minimum absolute atomic E-state index is 0.0727. The van der Waals surface area contributed by atoms with Gasteiger partial charge in [0.15, 0.2) is 0 Å². The van der Waals surface area contributed by atoms with Gasteiger partial charge in [-0.25, -0.2) is 10.4 Å². The fourth-order valence-electron chi connectivity index (χ4n) is 2.50. The van der Waals surface area contributed by atoms with Gasteiger partial charge in [-0.1, -0.05) is 42.5 Å². The smallest absolute Gasteiger partial charge is 0.263 e. The average Bonchev–Trinajstić information content (AvgIpc) is 3.42. The van der Waals surface area contributed by atoms with E-state index in [-0.39, 0.29) is 12.5 Å². The zero-order chi connectivity index (χ0) is 19.2. The summed E-state index contributed by atoms with van der Waals surface area (Å²) in [5.74, 6) is 0.123. The summed E-state index contributed by atoms with van der Waals surface area (Å²) >= 11 is 0. The first-order valence-corrected chi connectivity index (χ1v) is 8.51. The Bertz CT molecular complexity index is 1070. The van der Waals surface area contributed by atoms with Crippen LogP contribution in [0.15, 0.2) is 78.4 Å². The largest absolute Gasteiger partial charge is 0.306 e. The Morgan fingerprint density at radius 1 is 1.11 bits per heavy atom. The fourth-order valence-corrected chi connectivity index (χ4v) is 2.50. The summed E-state index contributed by atoms with van der Waals surface area (Å²) in [5.41, 5.74) is 5.14. The van der Waals surface area contributed by atoms with E-state index in [9.17, 15) is 4.79 Å². The first kappa shape index (κ1) is 17.3. The molecular formula is C19H16N8O. The lowest BCUT2D eigenvalue weighted by molar-refractivity contribution is -0.122. The summed E-state index contributed by atoms with van der Waals surface area (Å²) in [4.78, 5) is 17.2. The molecule has 0 aliphatic heterocycles. The molecule has 0 spiro atoms. The van der Waals surface area contributed by atoms with Crippen LogP contribution in [0.3, 0.4) is 0 Å². The summed E-state index contributed by atoms with van der Waals surface area (Å²) < 4.78 is 1.90. The maximum absolute atomic E-state index is 12.0. The van der Waals surface area contributed by atoms with Crippen LogP contribution >= 0.6 is 0 Å². The van der Waals surface area contributed by atoms with Gasteiger partial charge in [0, 0.05) is 23.6 Å². The third-order valence-electron chi connectivity index (χ3n) is 3.87. The second kappa shape index (κ2) is 8.04. The van der Waals surface area contributed by atoms with Crippen LogP contribution in [0.4, 0.5) is 0 Å². The van der Waals surface area contributed by atoms with Crippen LogP contribution in [-0.2, 0) is 11.3 Å². The van der Waals surface area contributed by atoms with E-state index in [1.807, 2.05) is 65.4 Å². The van der Waals surface area contributed by atoms with Crippen molar-refractivity contribution in [3.8, 4) is 17.1 Å². The average molecular weight is 372 g/mol. The van der Waals surface area contributed by atoms with Crippen molar-refractivity contribution in [1.29, 1.82) is 0 Å². The molecule has 9 nitrogen and oxygen atoms in total. The van der Waals surface area contributed by atoms with Crippen LogP contribution in [0.5, 0.6) is 0 Å². The minimum atomic E-state index is -0.344. The zero-order valence-electron chi connectivity index (χ0n) is 14.8. The van der Waals surface area contributed by atoms with Crippen LogP contribution in [0, 0.1) is 0 Å². The molecule has 0 unspecified atom stereocenters. The van der Waals surface area contributed by atoms with Crippen molar-refractivity contribution in [3.05, 3.63) is 78.9 Å². The summed E-state index contributed by atoms with van der Waals surface area (Å²) in [6.07, 6.45) is 6.88. The van der Waals surface area contributed by atoms with Crippen LogP contribution in [0.1, 0.15) is 5.56 Å². The normalized spacial score (nSPS) is 11.0. The number of nitrogens with one attached hydrogen (secondary N) is 1. The number of rotatable bonds is 6. The maximum atomic E-state index is 12.0. The van der Waals surface area contributed by atoms with Crippen molar-refractivity contribution >= 4 is 12.1 Å². The Hall–Kier alpha value is -4.14. The molecule has 0 saturated heterocycles. The van der Waals surface area contributed by atoms with Crippen molar-refractivity contribution in [2.45, 2.75) is 6.54 Å². The number of imidazole rings is 1. The molecular weight excluding hydrogens is 356 g/mol. The van der Waals surface area contributed by atoms with Gasteiger partial charge in [0.05, 0.1) is 12.5 Å². The summed E-state index contributed by atoms with van der Waals surface area (Å²) in [5, 5.41) is 16.0. The van der Waals surface area contributed by atoms with Crippen molar-refractivity contribution in [2.24, 2.45) is 5.10 Å².